The van der Waals surface area contributed by atoms with Crippen LogP contribution in [-0.2, 0) is 6.42 Å². The van der Waals surface area contributed by atoms with Crippen molar-refractivity contribution in [2.75, 3.05) is 19.8 Å². The summed E-state index contributed by atoms with van der Waals surface area (Å²) >= 11 is 0. The van der Waals surface area contributed by atoms with E-state index in [-0.39, 0.29) is 0 Å². The Morgan fingerprint density at radius 3 is 2.72 bits per heavy atom. The molecular formula is C15H21NO2. The third-order valence-electron chi connectivity index (χ3n) is 3.82. The van der Waals surface area contributed by atoms with Gasteiger partial charge in [0.25, 0.3) is 0 Å². The van der Waals surface area contributed by atoms with Crippen LogP contribution in [0.15, 0.2) is 12.1 Å². The number of hydrogen-bond donors (Lipinski definition) is 1. The van der Waals surface area contributed by atoms with Crippen molar-refractivity contribution in [2.45, 2.75) is 38.6 Å². The second-order valence-corrected chi connectivity index (χ2v) is 5.05. The zero-order chi connectivity index (χ0) is 12.4. The second kappa shape index (κ2) is 5.19. The lowest BCUT2D eigenvalue weighted by Crippen LogP contribution is -2.22. The van der Waals surface area contributed by atoms with Crippen LogP contribution < -0.4 is 14.8 Å². The molecule has 2 aliphatic rings. The largest absolute Gasteiger partial charge is 0.486 e. The Hall–Kier alpha value is -1.22. The zero-order valence-corrected chi connectivity index (χ0v) is 11.0. The number of benzene rings is 1. The van der Waals surface area contributed by atoms with Crippen LogP contribution in [-0.4, -0.2) is 19.8 Å². The SMILES string of the molecule is CCNC1CCCCc2cc3c(cc21)OCCO3. The average molecular weight is 247 g/mol. The second-order valence-electron chi connectivity index (χ2n) is 5.05. The molecule has 0 radical (unpaired) electrons. The van der Waals surface area contributed by atoms with Crippen molar-refractivity contribution < 1.29 is 9.47 Å². The molecule has 1 N–H and O–H groups in total. The quantitative estimate of drug-likeness (QED) is 0.815. The molecule has 1 aliphatic carbocycles. The highest BCUT2D eigenvalue weighted by Crippen LogP contribution is 2.38. The van der Waals surface area contributed by atoms with E-state index >= 15 is 0 Å². The van der Waals surface area contributed by atoms with Crippen LogP contribution in [0.3, 0.4) is 0 Å². The Labute approximate surface area is 108 Å². The van der Waals surface area contributed by atoms with Crippen LogP contribution in [0.4, 0.5) is 0 Å². The molecule has 1 unspecified atom stereocenters. The van der Waals surface area contributed by atoms with Crippen molar-refractivity contribution in [1.29, 1.82) is 0 Å². The molecule has 0 spiro atoms. The number of fused-ring (bicyclic) bond motifs is 2. The van der Waals surface area contributed by atoms with Crippen molar-refractivity contribution in [3.05, 3.63) is 23.3 Å². The third kappa shape index (κ3) is 2.19. The lowest BCUT2D eigenvalue weighted by atomic mass is 9.98. The summed E-state index contributed by atoms with van der Waals surface area (Å²) in [5.41, 5.74) is 2.85. The van der Waals surface area contributed by atoms with Gasteiger partial charge in [-0.1, -0.05) is 13.3 Å². The molecular weight excluding hydrogens is 226 g/mol. The molecule has 1 atom stereocenters. The molecule has 3 heteroatoms. The Balaban J connectivity index is 1.99. The summed E-state index contributed by atoms with van der Waals surface area (Å²) in [6.07, 6.45) is 4.95. The Morgan fingerprint density at radius 1 is 1.17 bits per heavy atom. The summed E-state index contributed by atoms with van der Waals surface area (Å²) in [4.78, 5) is 0. The van der Waals surface area contributed by atoms with Crippen LogP contribution >= 0.6 is 0 Å². The maximum atomic E-state index is 5.70. The summed E-state index contributed by atoms with van der Waals surface area (Å²) in [5, 5.41) is 3.59. The molecule has 0 saturated heterocycles. The van der Waals surface area contributed by atoms with Crippen molar-refractivity contribution >= 4 is 0 Å². The molecule has 0 amide bonds. The van der Waals surface area contributed by atoms with E-state index in [1.165, 1.54) is 30.4 Å². The first kappa shape index (κ1) is 11.8. The van der Waals surface area contributed by atoms with Crippen molar-refractivity contribution in [1.82, 2.24) is 5.32 Å². The first-order valence-corrected chi connectivity index (χ1v) is 7.04. The fourth-order valence-electron chi connectivity index (χ4n) is 2.97. The number of rotatable bonds is 2. The number of ether oxygens (including phenoxy) is 2. The highest BCUT2D eigenvalue weighted by Gasteiger charge is 2.22. The molecule has 18 heavy (non-hydrogen) atoms. The smallest absolute Gasteiger partial charge is 0.161 e. The Kier molecular flexibility index (Phi) is 3.41. The number of hydrogen-bond acceptors (Lipinski definition) is 3. The molecule has 1 aromatic carbocycles. The standard InChI is InChI=1S/C15H21NO2/c1-2-16-13-6-4-3-5-11-9-14-15(10-12(11)13)18-8-7-17-14/h9-10,13,16H,2-8H2,1H3. The zero-order valence-electron chi connectivity index (χ0n) is 11.0. The van der Waals surface area contributed by atoms with Crippen LogP contribution in [0, 0.1) is 0 Å². The predicted molar refractivity (Wildman–Crippen MR) is 71.4 cm³/mol. The summed E-state index contributed by atoms with van der Waals surface area (Å²) in [5.74, 6) is 1.85. The van der Waals surface area contributed by atoms with Gasteiger partial charge in [0.1, 0.15) is 13.2 Å². The topological polar surface area (TPSA) is 30.5 Å². The molecule has 1 heterocycles. The Morgan fingerprint density at radius 2 is 1.94 bits per heavy atom. The Bertz CT molecular complexity index is 431. The molecule has 0 saturated carbocycles. The maximum Gasteiger partial charge on any atom is 0.161 e. The monoisotopic (exact) mass is 247 g/mol. The predicted octanol–water partition coefficient (Wildman–Crippen LogP) is 2.83. The maximum absolute atomic E-state index is 5.70. The van der Waals surface area contributed by atoms with Crippen LogP contribution in [0.2, 0.25) is 0 Å². The van der Waals surface area contributed by atoms with Gasteiger partial charge >= 0.3 is 0 Å². The minimum atomic E-state index is 0.475. The summed E-state index contributed by atoms with van der Waals surface area (Å²) in [6.45, 7) is 4.52. The number of nitrogens with one attached hydrogen (secondary N) is 1. The van der Waals surface area contributed by atoms with Gasteiger partial charge < -0.3 is 14.8 Å². The van der Waals surface area contributed by atoms with E-state index in [0.29, 0.717) is 19.3 Å². The minimum Gasteiger partial charge on any atom is -0.486 e. The van der Waals surface area contributed by atoms with Crippen molar-refractivity contribution in [2.24, 2.45) is 0 Å². The van der Waals surface area contributed by atoms with Crippen LogP contribution in [0.5, 0.6) is 11.5 Å². The highest BCUT2D eigenvalue weighted by atomic mass is 16.6. The van der Waals surface area contributed by atoms with E-state index < -0.39 is 0 Å². The van der Waals surface area contributed by atoms with Gasteiger partial charge in [0.05, 0.1) is 0 Å². The van der Waals surface area contributed by atoms with Gasteiger partial charge in [0, 0.05) is 6.04 Å². The van der Waals surface area contributed by atoms with Crippen LogP contribution in [0.25, 0.3) is 0 Å². The van der Waals surface area contributed by atoms with Gasteiger partial charge in [-0.05, 0) is 49.1 Å². The normalized spacial score (nSPS) is 22.2. The molecule has 0 bridgehead atoms. The highest BCUT2D eigenvalue weighted by molar-refractivity contribution is 5.49. The van der Waals surface area contributed by atoms with Gasteiger partial charge in [-0.25, -0.2) is 0 Å². The van der Waals surface area contributed by atoms with E-state index in [9.17, 15) is 0 Å². The van der Waals surface area contributed by atoms with E-state index in [1.54, 1.807) is 0 Å². The van der Waals surface area contributed by atoms with E-state index in [2.05, 4.69) is 24.4 Å². The molecule has 3 rings (SSSR count). The van der Waals surface area contributed by atoms with Crippen molar-refractivity contribution in [3.63, 3.8) is 0 Å². The van der Waals surface area contributed by atoms with E-state index in [1.807, 2.05) is 0 Å². The molecule has 1 aromatic rings. The fourth-order valence-corrected chi connectivity index (χ4v) is 2.97. The summed E-state index contributed by atoms with van der Waals surface area (Å²) < 4.78 is 11.4. The van der Waals surface area contributed by atoms with Gasteiger partial charge in [0.15, 0.2) is 11.5 Å². The minimum absolute atomic E-state index is 0.475. The van der Waals surface area contributed by atoms with Gasteiger partial charge in [0.2, 0.25) is 0 Å². The van der Waals surface area contributed by atoms with Crippen LogP contribution in [0.1, 0.15) is 43.4 Å². The lowest BCUT2D eigenvalue weighted by molar-refractivity contribution is 0.171. The fraction of sp³-hybridized carbons (Fsp3) is 0.600. The first-order valence-electron chi connectivity index (χ1n) is 7.04. The average Bonchev–Trinajstić information content (AvgIpc) is 2.59. The molecule has 0 aromatic heterocycles. The first-order chi connectivity index (χ1) is 8.88. The van der Waals surface area contributed by atoms with Gasteiger partial charge in [-0.15, -0.1) is 0 Å². The molecule has 0 fully saturated rings. The summed E-state index contributed by atoms with van der Waals surface area (Å²) in [7, 11) is 0. The number of aryl methyl sites for hydroxylation is 1. The third-order valence-corrected chi connectivity index (χ3v) is 3.82. The van der Waals surface area contributed by atoms with E-state index in [0.717, 1.165) is 24.5 Å². The lowest BCUT2D eigenvalue weighted by Gasteiger charge is -2.24. The molecule has 1 aliphatic heterocycles. The molecule has 98 valence electrons. The van der Waals surface area contributed by atoms with Gasteiger partial charge in [-0.2, -0.15) is 0 Å². The molecule has 3 nitrogen and oxygen atoms in total. The summed E-state index contributed by atoms with van der Waals surface area (Å²) in [6, 6.07) is 4.87. The van der Waals surface area contributed by atoms with Crippen molar-refractivity contribution in [3.8, 4) is 11.5 Å². The van der Waals surface area contributed by atoms with Gasteiger partial charge in [-0.3, -0.25) is 0 Å². The van der Waals surface area contributed by atoms with E-state index in [4.69, 9.17) is 9.47 Å².